The molecule has 1 atom stereocenters. The van der Waals surface area contributed by atoms with Crippen LogP contribution < -0.4 is 5.56 Å². The Morgan fingerprint density at radius 1 is 1.13 bits per heavy atom. The summed E-state index contributed by atoms with van der Waals surface area (Å²) in [6.07, 6.45) is 7.05. The lowest BCUT2D eigenvalue weighted by atomic mass is 10.0. The van der Waals surface area contributed by atoms with E-state index in [9.17, 15) is 23.6 Å². The first-order valence-corrected chi connectivity index (χ1v) is 14.2. The zero-order valence-electron chi connectivity index (χ0n) is 22.0. The molecule has 0 fully saturated rings. The van der Waals surface area contributed by atoms with Crippen LogP contribution in [0.1, 0.15) is 61.7 Å². The van der Waals surface area contributed by atoms with Crippen LogP contribution >= 0.6 is 0 Å². The van der Waals surface area contributed by atoms with Crippen molar-refractivity contribution in [3.8, 4) is 23.1 Å². The first-order chi connectivity index (χ1) is 18.7. The SMILES string of the molecule is CCCCc1nc(=O)c(S(=O)(=O)c2ccc(-c3ccncc3C)cn2)c(O)n1[C@@H](CC)c1cccc(C#N)c1. The molecule has 10 heteroatoms. The fourth-order valence-corrected chi connectivity index (χ4v) is 5.87. The Kier molecular flexibility index (Phi) is 8.21. The van der Waals surface area contributed by atoms with Gasteiger partial charge in [-0.25, -0.2) is 13.4 Å². The van der Waals surface area contributed by atoms with E-state index in [-0.39, 0.29) is 10.9 Å². The molecule has 9 nitrogen and oxygen atoms in total. The smallest absolute Gasteiger partial charge is 0.296 e. The number of unbranched alkanes of at least 4 members (excludes halogenated alkanes) is 1. The second-order valence-corrected chi connectivity index (χ2v) is 11.0. The normalized spacial score (nSPS) is 12.2. The van der Waals surface area contributed by atoms with E-state index in [0.29, 0.717) is 36.0 Å². The van der Waals surface area contributed by atoms with Gasteiger partial charge in [0.15, 0.2) is 5.03 Å². The fourth-order valence-electron chi connectivity index (χ4n) is 4.61. The molecule has 3 aromatic heterocycles. The predicted molar refractivity (Wildman–Crippen MR) is 146 cm³/mol. The lowest BCUT2D eigenvalue weighted by Crippen LogP contribution is -2.27. The molecule has 4 aromatic rings. The van der Waals surface area contributed by atoms with E-state index < -0.39 is 32.2 Å². The van der Waals surface area contributed by atoms with Crippen LogP contribution in [0.4, 0.5) is 0 Å². The summed E-state index contributed by atoms with van der Waals surface area (Å²) in [5.41, 5.74) is 2.51. The van der Waals surface area contributed by atoms with Crippen LogP contribution in [0, 0.1) is 18.3 Å². The molecule has 0 bridgehead atoms. The molecule has 39 heavy (non-hydrogen) atoms. The van der Waals surface area contributed by atoms with E-state index in [2.05, 4.69) is 21.0 Å². The quantitative estimate of drug-likeness (QED) is 0.319. The Hall–Kier alpha value is -4.36. The Balaban J connectivity index is 1.88. The summed E-state index contributed by atoms with van der Waals surface area (Å²) in [6.45, 7) is 5.74. The maximum atomic E-state index is 13.7. The van der Waals surface area contributed by atoms with Crippen molar-refractivity contribution in [2.24, 2.45) is 0 Å². The number of aromatic hydroxyl groups is 1. The highest BCUT2D eigenvalue weighted by atomic mass is 32.2. The van der Waals surface area contributed by atoms with Gasteiger partial charge in [-0.05, 0) is 66.8 Å². The average molecular weight is 544 g/mol. The Bertz CT molecular complexity index is 1710. The van der Waals surface area contributed by atoms with Crippen molar-refractivity contribution in [3.05, 3.63) is 93.9 Å². The molecule has 3 heterocycles. The molecular weight excluding hydrogens is 514 g/mol. The number of rotatable bonds is 9. The molecule has 0 spiro atoms. The summed E-state index contributed by atoms with van der Waals surface area (Å²) in [7, 11) is -4.53. The first-order valence-electron chi connectivity index (χ1n) is 12.7. The minimum atomic E-state index is -4.53. The Morgan fingerprint density at radius 3 is 2.56 bits per heavy atom. The number of benzene rings is 1. The third-order valence-electron chi connectivity index (χ3n) is 6.60. The molecule has 0 amide bonds. The van der Waals surface area contributed by atoms with Gasteiger partial charge < -0.3 is 5.11 Å². The largest absolute Gasteiger partial charge is 0.493 e. The predicted octanol–water partition coefficient (Wildman–Crippen LogP) is 4.76. The molecule has 1 aromatic carbocycles. The van der Waals surface area contributed by atoms with Crippen LogP contribution in [0.2, 0.25) is 0 Å². The zero-order valence-corrected chi connectivity index (χ0v) is 22.8. The first kappa shape index (κ1) is 27.7. The van der Waals surface area contributed by atoms with Crippen LogP contribution in [-0.2, 0) is 16.3 Å². The summed E-state index contributed by atoms with van der Waals surface area (Å²) in [4.78, 5) is 24.7. The van der Waals surface area contributed by atoms with Gasteiger partial charge in [-0.1, -0.05) is 32.4 Å². The maximum absolute atomic E-state index is 13.7. The number of aromatic nitrogens is 4. The van der Waals surface area contributed by atoms with Gasteiger partial charge in [0.05, 0.1) is 17.7 Å². The summed E-state index contributed by atoms with van der Waals surface area (Å²) in [5.74, 6) is -0.407. The molecule has 0 aliphatic heterocycles. The third-order valence-corrected chi connectivity index (χ3v) is 8.29. The van der Waals surface area contributed by atoms with Gasteiger partial charge in [-0.15, -0.1) is 0 Å². The minimum Gasteiger partial charge on any atom is -0.493 e. The Labute approximate surface area is 227 Å². The maximum Gasteiger partial charge on any atom is 0.296 e. The van der Waals surface area contributed by atoms with Gasteiger partial charge in [-0.2, -0.15) is 10.2 Å². The number of pyridine rings is 2. The summed E-state index contributed by atoms with van der Waals surface area (Å²) < 4.78 is 28.8. The van der Waals surface area contributed by atoms with Crippen molar-refractivity contribution in [1.29, 1.82) is 5.26 Å². The molecule has 0 radical (unpaired) electrons. The molecule has 0 saturated carbocycles. The monoisotopic (exact) mass is 543 g/mol. The van der Waals surface area contributed by atoms with Crippen LogP contribution in [0.25, 0.3) is 11.1 Å². The summed E-state index contributed by atoms with van der Waals surface area (Å²) in [6, 6.07) is 13.1. The van der Waals surface area contributed by atoms with Crippen molar-refractivity contribution >= 4 is 9.84 Å². The number of nitrogens with zero attached hydrogens (tertiary/aromatic N) is 5. The van der Waals surface area contributed by atoms with Gasteiger partial charge in [0, 0.05) is 30.6 Å². The van der Waals surface area contributed by atoms with Crippen LogP contribution in [0.3, 0.4) is 0 Å². The van der Waals surface area contributed by atoms with Crippen molar-refractivity contribution in [2.75, 3.05) is 0 Å². The molecular formula is C29H29N5O4S. The van der Waals surface area contributed by atoms with Gasteiger partial charge >= 0.3 is 0 Å². The second kappa shape index (κ2) is 11.6. The number of nitriles is 1. The highest BCUT2D eigenvalue weighted by Crippen LogP contribution is 2.33. The van der Waals surface area contributed by atoms with Gasteiger partial charge in [0.2, 0.25) is 20.6 Å². The van der Waals surface area contributed by atoms with Crippen LogP contribution in [0.5, 0.6) is 5.88 Å². The van der Waals surface area contributed by atoms with E-state index in [4.69, 9.17) is 0 Å². The van der Waals surface area contributed by atoms with Crippen LogP contribution in [0.15, 0.2) is 75.8 Å². The summed E-state index contributed by atoms with van der Waals surface area (Å²) >= 11 is 0. The number of hydrogen-bond donors (Lipinski definition) is 1. The molecule has 1 N–H and O–H groups in total. The molecule has 200 valence electrons. The van der Waals surface area contributed by atoms with Crippen molar-refractivity contribution in [2.45, 2.75) is 62.4 Å². The molecule has 0 aliphatic carbocycles. The van der Waals surface area contributed by atoms with E-state index in [1.54, 1.807) is 48.8 Å². The topological polar surface area (TPSA) is 139 Å². The lowest BCUT2D eigenvalue weighted by Gasteiger charge is -2.25. The van der Waals surface area contributed by atoms with Crippen molar-refractivity contribution < 1.29 is 13.5 Å². The van der Waals surface area contributed by atoms with Gasteiger partial charge in [0.25, 0.3) is 5.56 Å². The van der Waals surface area contributed by atoms with E-state index in [0.717, 1.165) is 17.5 Å². The van der Waals surface area contributed by atoms with E-state index in [1.807, 2.05) is 20.8 Å². The van der Waals surface area contributed by atoms with E-state index in [1.165, 1.54) is 16.8 Å². The van der Waals surface area contributed by atoms with Crippen LogP contribution in [-0.4, -0.2) is 33.0 Å². The summed E-state index contributed by atoms with van der Waals surface area (Å²) in [5, 5.41) is 20.5. The number of sulfone groups is 1. The highest BCUT2D eigenvalue weighted by Gasteiger charge is 2.32. The third kappa shape index (κ3) is 5.45. The highest BCUT2D eigenvalue weighted by molar-refractivity contribution is 7.91. The number of aryl methyl sites for hydroxylation is 2. The number of hydrogen-bond acceptors (Lipinski definition) is 8. The van der Waals surface area contributed by atoms with Gasteiger partial charge in [-0.3, -0.25) is 14.3 Å². The molecule has 4 rings (SSSR count). The minimum absolute atomic E-state index is 0.281. The van der Waals surface area contributed by atoms with Gasteiger partial charge in [0.1, 0.15) is 5.82 Å². The zero-order chi connectivity index (χ0) is 28.2. The standard InChI is InChI=1S/C29H29N5O4S/c1-4-6-10-25-33-28(35)27(29(36)34(25)24(5-2)21-9-7-8-20(15-21)16-30)39(37,38)26-12-11-22(18-32-26)23-13-14-31-17-19(23)3/h7-9,11-15,17-18,24,36H,4-6,10H2,1-3H3/t24-/m0/s1. The molecule has 0 aliphatic rings. The second-order valence-electron chi connectivity index (χ2n) is 9.20. The fraction of sp³-hybridized carbons (Fsp3) is 0.276. The van der Waals surface area contributed by atoms with Crippen molar-refractivity contribution in [3.63, 3.8) is 0 Å². The Morgan fingerprint density at radius 2 is 1.92 bits per heavy atom. The molecule has 0 unspecified atom stereocenters. The van der Waals surface area contributed by atoms with E-state index >= 15 is 0 Å². The molecule has 0 saturated heterocycles. The van der Waals surface area contributed by atoms with Crippen molar-refractivity contribution in [1.82, 2.24) is 19.5 Å². The average Bonchev–Trinajstić information content (AvgIpc) is 2.94. The lowest BCUT2D eigenvalue weighted by molar-refractivity contribution is 0.358.